The van der Waals surface area contributed by atoms with Gasteiger partial charge in [-0.05, 0) is 50.4 Å². The lowest BCUT2D eigenvalue weighted by Crippen LogP contribution is -2.34. The van der Waals surface area contributed by atoms with Crippen molar-refractivity contribution in [3.63, 3.8) is 0 Å². The van der Waals surface area contributed by atoms with Gasteiger partial charge in [-0.3, -0.25) is 0 Å². The Morgan fingerprint density at radius 1 is 1.44 bits per heavy atom. The fraction of sp³-hybridized carbons (Fsp3) is 0.800. The lowest BCUT2D eigenvalue weighted by atomic mass is 9.62. The van der Waals surface area contributed by atoms with Crippen LogP contribution in [0.25, 0.3) is 0 Å². The summed E-state index contributed by atoms with van der Waals surface area (Å²) in [6.07, 6.45) is 11.1. The van der Waals surface area contributed by atoms with Gasteiger partial charge >= 0.3 is 0 Å². The van der Waals surface area contributed by atoms with E-state index in [1.807, 2.05) is 0 Å². The van der Waals surface area contributed by atoms with Crippen LogP contribution in [0.4, 0.5) is 0 Å². The first-order valence-electron chi connectivity index (χ1n) is 6.88. The quantitative estimate of drug-likeness (QED) is 0.519. The average Bonchev–Trinajstić information content (AvgIpc) is 2.32. The minimum absolute atomic E-state index is 0.353. The normalized spacial score (nSPS) is 38.8. The van der Waals surface area contributed by atoms with Gasteiger partial charge in [-0.2, -0.15) is 0 Å². The zero-order valence-corrected chi connectivity index (χ0v) is 10.6. The van der Waals surface area contributed by atoms with E-state index in [-0.39, 0.29) is 0 Å². The van der Waals surface area contributed by atoms with Gasteiger partial charge in [0.25, 0.3) is 0 Å². The molecule has 0 aromatic heterocycles. The molecule has 0 spiro atoms. The third-order valence-corrected chi connectivity index (χ3v) is 4.73. The Hall–Kier alpha value is -0.590. The maximum Gasteiger partial charge on any atom is 0.123 e. The Labute approximate surface area is 99.3 Å². The number of carbonyl (C=O) groups is 1. The molecule has 0 N–H and O–H groups in total. The Morgan fingerprint density at radius 3 is 2.94 bits per heavy atom. The molecule has 1 saturated carbocycles. The molecule has 0 aliphatic heterocycles. The van der Waals surface area contributed by atoms with Crippen LogP contribution in [0, 0.1) is 23.7 Å². The van der Waals surface area contributed by atoms with Crippen LogP contribution >= 0.6 is 0 Å². The summed E-state index contributed by atoms with van der Waals surface area (Å²) in [5, 5.41) is 0. The van der Waals surface area contributed by atoms with Gasteiger partial charge in [-0.15, -0.1) is 0 Å². The molecule has 4 atom stereocenters. The lowest BCUT2D eigenvalue weighted by Gasteiger charge is -2.42. The van der Waals surface area contributed by atoms with Crippen LogP contribution in [0.3, 0.4) is 0 Å². The molecule has 2 rings (SSSR count). The Kier molecular flexibility index (Phi) is 3.83. The number of aldehydes is 1. The van der Waals surface area contributed by atoms with Gasteiger partial charge in [-0.25, -0.2) is 0 Å². The van der Waals surface area contributed by atoms with E-state index in [9.17, 15) is 4.79 Å². The molecule has 2 aliphatic carbocycles. The summed E-state index contributed by atoms with van der Waals surface area (Å²) in [6.45, 7) is 4.57. The van der Waals surface area contributed by atoms with Crippen LogP contribution in [0.2, 0.25) is 0 Å². The smallest absolute Gasteiger partial charge is 0.123 e. The molecule has 0 aromatic carbocycles. The van der Waals surface area contributed by atoms with E-state index < -0.39 is 0 Å². The van der Waals surface area contributed by atoms with Crippen LogP contribution in [-0.4, -0.2) is 6.29 Å². The van der Waals surface area contributed by atoms with Crippen molar-refractivity contribution in [1.82, 2.24) is 0 Å². The Morgan fingerprint density at radius 2 is 2.25 bits per heavy atom. The average molecular weight is 220 g/mol. The van der Waals surface area contributed by atoms with Gasteiger partial charge in [-0.1, -0.05) is 31.4 Å². The highest BCUT2D eigenvalue weighted by Gasteiger charge is 2.37. The molecule has 0 saturated heterocycles. The second kappa shape index (κ2) is 5.16. The number of carbonyl (C=O) groups excluding carboxylic acids is 1. The van der Waals surface area contributed by atoms with Crippen molar-refractivity contribution in [2.45, 2.75) is 52.4 Å². The zero-order chi connectivity index (χ0) is 11.5. The molecule has 0 heterocycles. The Balaban J connectivity index is 2.11. The first-order chi connectivity index (χ1) is 7.76. The molecule has 1 nitrogen and oxygen atoms in total. The van der Waals surface area contributed by atoms with Crippen molar-refractivity contribution < 1.29 is 4.79 Å². The molecule has 4 unspecified atom stereocenters. The molecule has 16 heavy (non-hydrogen) atoms. The standard InChI is InChI=1S/C15H24O/c1-3-4-13-7-5-11(2)14-8-6-12(10-16)9-15(13)14/h5,10,12-15H,3-4,6-9H2,1-2H3. The SMILES string of the molecule is CCCC1CC=C(C)C2CCC(C=O)CC12. The summed E-state index contributed by atoms with van der Waals surface area (Å²) < 4.78 is 0. The van der Waals surface area contributed by atoms with Gasteiger partial charge in [0, 0.05) is 5.92 Å². The van der Waals surface area contributed by atoms with E-state index in [0.29, 0.717) is 5.92 Å². The lowest BCUT2D eigenvalue weighted by molar-refractivity contribution is -0.113. The zero-order valence-electron chi connectivity index (χ0n) is 10.6. The van der Waals surface area contributed by atoms with Crippen LogP contribution in [0.1, 0.15) is 52.4 Å². The highest BCUT2D eigenvalue weighted by Crippen LogP contribution is 2.46. The summed E-state index contributed by atoms with van der Waals surface area (Å²) in [5.74, 6) is 2.79. The van der Waals surface area contributed by atoms with Crippen molar-refractivity contribution in [1.29, 1.82) is 0 Å². The van der Waals surface area contributed by atoms with Gasteiger partial charge in [0.2, 0.25) is 0 Å². The van der Waals surface area contributed by atoms with E-state index in [1.165, 1.54) is 32.0 Å². The highest BCUT2D eigenvalue weighted by atomic mass is 16.1. The summed E-state index contributed by atoms with van der Waals surface area (Å²) in [7, 11) is 0. The van der Waals surface area contributed by atoms with Crippen molar-refractivity contribution in [3.8, 4) is 0 Å². The first-order valence-corrected chi connectivity index (χ1v) is 6.88. The largest absolute Gasteiger partial charge is 0.303 e. The molecular formula is C15H24O. The van der Waals surface area contributed by atoms with E-state index >= 15 is 0 Å². The number of allylic oxidation sites excluding steroid dienone is 2. The molecule has 90 valence electrons. The molecule has 0 radical (unpaired) electrons. The predicted octanol–water partition coefficient (Wildman–Crippen LogP) is 3.98. The van der Waals surface area contributed by atoms with Crippen LogP contribution in [0.5, 0.6) is 0 Å². The van der Waals surface area contributed by atoms with Crippen LogP contribution < -0.4 is 0 Å². The van der Waals surface area contributed by atoms with Crippen molar-refractivity contribution >= 4 is 6.29 Å². The summed E-state index contributed by atoms with van der Waals surface area (Å²) in [4.78, 5) is 11.0. The predicted molar refractivity (Wildman–Crippen MR) is 67.2 cm³/mol. The number of rotatable bonds is 3. The first kappa shape index (κ1) is 11.9. The van der Waals surface area contributed by atoms with Crippen LogP contribution in [-0.2, 0) is 4.79 Å². The van der Waals surface area contributed by atoms with Gasteiger partial charge in [0.05, 0.1) is 0 Å². The number of hydrogen-bond acceptors (Lipinski definition) is 1. The molecule has 2 aliphatic rings. The number of hydrogen-bond donors (Lipinski definition) is 0. The van der Waals surface area contributed by atoms with Gasteiger partial charge < -0.3 is 4.79 Å². The van der Waals surface area contributed by atoms with Crippen molar-refractivity contribution in [2.75, 3.05) is 0 Å². The third-order valence-electron chi connectivity index (χ3n) is 4.73. The molecule has 0 aromatic rings. The number of fused-ring (bicyclic) bond motifs is 1. The third kappa shape index (κ3) is 2.23. The molecular weight excluding hydrogens is 196 g/mol. The van der Waals surface area contributed by atoms with E-state index in [2.05, 4.69) is 19.9 Å². The Bertz CT molecular complexity index is 279. The summed E-state index contributed by atoms with van der Waals surface area (Å²) in [6, 6.07) is 0. The van der Waals surface area contributed by atoms with Crippen molar-refractivity contribution in [3.05, 3.63) is 11.6 Å². The van der Waals surface area contributed by atoms with Gasteiger partial charge in [0.15, 0.2) is 0 Å². The second-order valence-corrected chi connectivity index (χ2v) is 5.71. The second-order valence-electron chi connectivity index (χ2n) is 5.71. The summed E-state index contributed by atoms with van der Waals surface area (Å²) >= 11 is 0. The maximum atomic E-state index is 11.0. The highest BCUT2D eigenvalue weighted by molar-refractivity contribution is 5.53. The monoisotopic (exact) mass is 220 g/mol. The molecule has 1 fully saturated rings. The molecule has 0 amide bonds. The minimum Gasteiger partial charge on any atom is -0.303 e. The minimum atomic E-state index is 0.353. The van der Waals surface area contributed by atoms with E-state index in [1.54, 1.807) is 5.57 Å². The van der Waals surface area contributed by atoms with Gasteiger partial charge in [0.1, 0.15) is 6.29 Å². The topological polar surface area (TPSA) is 17.1 Å². The molecule has 1 heteroatoms. The fourth-order valence-electron chi connectivity index (χ4n) is 3.82. The van der Waals surface area contributed by atoms with E-state index in [4.69, 9.17) is 0 Å². The fourth-order valence-corrected chi connectivity index (χ4v) is 3.82. The van der Waals surface area contributed by atoms with Crippen LogP contribution in [0.15, 0.2) is 11.6 Å². The summed E-state index contributed by atoms with van der Waals surface area (Å²) in [5.41, 5.74) is 1.60. The molecule has 0 bridgehead atoms. The maximum absolute atomic E-state index is 11.0. The van der Waals surface area contributed by atoms with E-state index in [0.717, 1.165) is 30.6 Å². The van der Waals surface area contributed by atoms with Crippen molar-refractivity contribution in [2.24, 2.45) is 23.7 Å².